The van der Waals surface area contributed by atoms with Gasteiger partial charge < -0.3 is 19.9 Å². The molecule has 0 radical (unpaired) electrons. The molecule has 0 saturated carbocycles. The topological polar surface area (TPSA) is 92.7 Å². The van der Waals surface area contributed by atoms with E-state index in [1.165, 1.54) is 12.1 Å². The van der Waals surface area contributed by atoms with Crippen LogP contribution in [0.15, 0.2) is 30.3 Å². The summed E-state index contributed by atoms with van der Waals surface area (Å²) >= 11 is 0. The maximum atomic E-state index is 11.1. The van der Waals surface area contributed by atoms with E-state index in [0.29, 0.717) is 12.1 Å². The van der Waals surface area contributed by atoms with Crippen molar-refractivity contribution in [3.63, 3.8) is 0 Å². The molecule has 2 rings (SSSR count). The van der Waals surface area contributed by atoms with Gasteiger partial charge in [-0.3, -0.25) is 10.1 Å². The zero-order valence-electron chi connectivity index (χ0n) is 13.4. The number of carboxylic acids is 1. The lowest BCUT2D eigenvalue weighted by atomic mass is 9.92. The Morgan fingerprint density at radius 2 is 1.91 bits per heavy atom. The van der Waals surface area contributed by atoms with E-state index >= 15 is 0 Å². The lowest BCUT2D eigenvalue weighted by Crippen LogP contribution is -2.44. The molecule has 2 N–H and O–H groups in total. The van der Waals surface area contributed by atoms with E-state index in [4.69, 9.17) is 5.11 Å². The Labute approximate surface area is 130 Å². The van der Waals surface area contributed by atoms with Gasteiger partial charge in [0.25, 0.3) is 0 Å². The smallest absolute Gasteiger partial charge is 0.237 e. The summed E-state index contributed by atoms with van der Waals surface area (Å²) in [6.45, 7) is 6.86. The lowest BCUT2D eigenvalue weighted by molar-refractivity contribution is -0.315. The van der Waals surface area contributed by atoms with Gasteiger partial charge in [0.05, 0.1) is 18.7 Å². The number of benzene rings is 1. The molecule has 0 aliphatic carbocycles. The third kappa shape index (κ3) is 4.82. The van der Waals surface area contributed by atoms with E-state index in [2.05, 4.69) is 26.1 Å². The normalized spacial score (nSPS) is 19.4. The summed E-state index contributed by atoms with van der Waals surface area (Å²) in [6.07, 6.45) is -1.33. The molecule has 1 heterocycles. The third-order valence-electron chi connectivity index (χ3n) is 3.39. The summed E-state index contributed by atoms with van der Waals surface area (Å²) in [5.74, 6) is -1.29. The van der Waals surface area contributed by atoms with Crippen LogP contribution in [-0.2, 0) is 9.59 Å². The number of likely N-dealkylation sites (N-methyl/N-ethyl adjacent to an activating group) is 1. The summed E-state index contributed by atoms with van der Waals surface area (Å²) in [5, 5.41) is 22.2. The molecular formula is C16H23N2O4-. The zero-order chi connectivity index (χ0) is 16.9. The predicted octanol–water partition coefficient (Wildman–Crippen LogP) is -0.110. The van der Waals surface area contributed by atoms with E-state index in [-0.39, 0.29) is 17.5 Å². The second kappa shape index (κ2) is 7.38. The van der Waals surface area contributed by atoms with Crippen LogP contribution in [0.25, 0.3) is 0 Å². The van der Waals surface area contributed by atoms with Gasteiger partial charge >= 0.3 is 0 Å². The second-order valence-corrected chi connectivity index (χ2v) is 6.29. The molecule has 122 valence electrons. The minimum Gasteiger partial charge on any atom is -0.547 e. The van der Waals surface area contributed by atoms with Crippen LogP contribution in [0.3, 0.4) is 0 Å². The van der Waals surface area contributed by atoms with E-state index in [1.807, 2.05) is 7.05 Å². The highest BCUT2D eigenvalue weighted by Gasteiger charge is 2.35. The molecule has 1 fully saturated rings. The largest absolute Gasteiger partial charge is 0.547 e. The second-order valence-electron chi connectivity index (χ2n) is 6.29. The Balaban J connectivity index is 0.000000220. The fourth-order valence-electron chi connectivity index (χ4n) is 2.25. The molecule has 6 nitrogen and oxygen atoms in total. The van der Waals surface area contributed by atoms with Gasteiger partial charge in [0.15, 0.2) is 0 Å². The molecule has 1 amide bonds. The highest BCUT2D eigenvalue weighted by molar-refractivity contribution is 5.80. The number of hydrogen-bond acceptors (Lipinski definition) is 5. The molecule has 1 saturated heterocycles. The zero-order valence-corrected chi connectivity index (χ0v) is 13.4. The summed E-state index contributed by atoms with van der Waals surface area (Å²) in [6, 6.07) is 8.11. The van der Waals surface area contributed by atoms with E-state index in [0.717, 1.165) is 0 Å². The van der Waals surface area contributed by atoms with Crippen LogP contribution in [0.4, 0.5) is 0 Å². The maximum Gasteiger partial charge on any atom is 0.237 e. The van der Waals surface area contributed by atoms with Crippen molar-refractivity contribution in [1.29, 1.82) is 0 Å². The Kier molecular flexibility index (Phi) is 6.08. The lowest BCUT2D eigenvalue weighted by Gasteiger charge is -2.32. The average Bonchev–Trinajstić information content (AvgIpc) is 2.79. The Morgan fingerprint density at radius 3 is 2.23 bits per heavy atom. The standard InChI is InChI=1S/C8H16N2O.C8H8O3/c1-8(2,3)7-9-5-6(11)10(7)4;9-7(8(10)11)6-4-2-1-3-5-6/h7,9H,5H2,1-4H3;1-5,7,9H,(H,10,11)/p-1/t2*7-/m00/s1. The SMILES string of the molecule is CN1C(=O)CN[C@@H]1C(C)(C)C.O=C([O-])[C@@H](O)c1ccccc1. The third-order valence-corrected chi connectivity index (χ3v) is 3.39. The number of amides is 1. The van der Waals surface area contributed by atoms with Gasteiger partial charge in [0.1, 0.15) is 6.10 Å². The van der Waals surface area contributed by atoms with Crippen molar-refractivity contribution >= 4 is 11.9 Å². The van der Waals surface area contributed by atoms with Crippen LogP contribution >= 0.6 is 0 Å². The van der Waals surface area contributed by atoms with Crippen molar-refractivity contribution in [2.45, 2.75) is 33.0 Å². The summed E-state index contributed by atoms with van der Waals surface area (Å²) in [7, 11) is 1.85. The fourth-order valence-corrected chi connectivity index (χ4v) is 2.25. The molecule has 1 aromatic rings. The molecule has 6 heteroatoms. The number of hydrogen-bond donors (Lipinski definition) is 2. The molecule has 0 aromatic heterocycles. The first-order valence-electron chi connectivity index (χ1n) is 7.07. The van der Waals surface area contributed by atoms with Gasteiger partial charge in [-0.05, 0) is 11.0 Å². The van der Waals surface area contributed by atoms with Gasteiger partial charge in [-0.15, -0.1) is 0 Å². The fraction of sp³-hybridized carbons (Fsp3) is 0.500. The molecule has 0 bridgehead atoms. The van der Waals surface area contributed by atoms with Crippen molar-refractivity contribution in [1.82, 2.24) is 10.2 Å². The van der Waals surface area contributed by atoms with Crippen LogP contribution < -0.4 is 10.4 Å². The van der Waals surface area contributed by atoms with E-state index in [9.17, 15) is 14.7 Å². The summed E-state index contributed by atoms with van der Waals surface area (Å²) in [5.41, 5.74) is 0.466. The Morgan fingerprint density at radius 1 is 1.36 bits per heavy atom. The van der Waals surface area contributed by atoms with Crippen LogP contribution in [-0.4, -0.2) is 41.6 Å². The molecule has 1 aliphatic rings. The Hall–Kier alpha value is -1.92. The van der Waals surface area contributed by atoms with E-state index in [1.54, 1.807) is 23.1 Å². The van der Waals surface area contributed by atoms with Crippen LogP contribution in [0.1, 0.15) is 32.4 Å². The summed E-state index contributed by atoms with van der Waals surface area (Å²) < 4.78 is 0. The van der Waals surface area contributed by atoms with Gasteiger partial charge in [-0.1, -0.05) is 51.1 Å². The number of carbonyl (C=O) groups excluding carboxylic acids is 2. The van der Waals surface area contributed by atoms with Gasteiger partial charge in [0, 0.05) is 7.05 Å². The first-order valence-corrected chi connectivity index (χ1v) is 7.07. The van der Waals surface area contributed by atoms with E-state index < -0.39 is 12.1 Å². The first kappa shape index (κ1) is 18.1. The first-order chi connectivity index (χ1) is 10.1. The number of aliphatic hydroxyl groups excluding tert-OH is 1. The number of rotatable bonds is 2. The minimum atomic E-state index is -1.52. The highest BCUT2D eigenvalue weighted by atomic mass is 16.4. The van der Waals surface area contributed by atoms with Crippen LogP contribution in [0.5, 0.6) is 0 Å². The van der Waals surface area contributed by atoms with Gasteiger partial charge in [-0.2, -0.15) is 0 Å². The molecule has 1 aromatic carbocycles. The minimum absolute atomic E-state index is 0.126. The monoisotopic (exact) mass is 307 g/mol. The molecule has 0 spiro atoms. The quantitative estimate of drug-likeness (QED) is 0.795. The average molecular weight is 307 g/mol. The van der Waals surface area contributed by atoms with Crippen molar-refractivity contribution in [3.8, 4) is 0 Å². The van der Waals surface area contributed by atoms with Crippen LogP contribution in [0.2, 0.25) is 0 Å². The van der Waals surface area contributed by atoms with Crippen molar-refractivity contribution in [3.05, 3.63) is 35.9 Å². The van der Waals surface area contributed by atoms with Gasteiger partial charge in [-0.25, -0.2) is 0 Å². The summed E-state index contributed by atoms with van der Waals surface area (Å²) in [4.78, 5) is 23.0. The number of aliphatic carboxylic acids is 1. The highest BCUT2D eigenvalue weighted by Crippen LogP contribution is 2.23. The van der Waals surface area contributed by atoms with Crippen LogP contribution in [0, 0.1) is 5.41 Å². The van der Waals surface area contributed by atoms with Crippen molar-refractivity contribution in [2.24, 2.45) is 5.41 Å². The number of carboxylic acid groups (broad SMARTS) is 1. The number of carbonyl (C=O) groups is 2. The number of nitrogens with one attached hydrogen (secondary N) is 1. The molecule has 22 heavy (non-hydrogen) atoms. The van der Waals surface area contributed by atoms with Crippen molar-refractivity contribution < 1.29 is 19.8 Å². The molecule has 1 aliphatic heterocycles. The maximum absolute atomic E-state index is 11.1. The Bertz CT molecular complexity index is 511. The molecule has 0 unspecified atom stereocenters. The van der Waals surface area contributed by atoms with Crippen molar-refractivity contribution in [2.75, 3.05) is 13.6 Å². The van der Waals surface area contributed by atoms with Gasteiger partial charge in [0.2, 0.25) is 5.91 Å². The predicted molar refractivity (Wildman–Crippen MR) is 80.4 cm³/mol. The number of nitrogens with zero attached hydrogens (tertiary/aromatic N) is 1. The number of aliphatic hydroxyl groups is 1. The molecule has 2 atom stereocenters. The molecular weight excluding hydrogens is 284 g/mol.